The number of carbonyl (C=O) groups excluding carboxylic acids is 3. The molecule has 1 N–H and O–H groups in total. The van der Waals surface area contributed by atoms with Crippen molar-refractivity contribution in [2.45, 2.75) is 38.0 Å². The van der Waals surface area contributed by atoms with Gasteiger partial charge in [0.15, 0.2) is 0 Å². The lowest BCUT2D eigenvalue weighted by Gasteiger charge is -2.54. The number of imidazole rings is 1. The van der Waals surface area contributed by atoms with Gasteiger partial charge in [-0.3, -0.25) is 19.4 Å². The van der Waals surface area contributed by atoms with Gasteiger partial charge in [-0.25, -0.2) is 9.99 Å². The fourth-order valence-electron chi connectivity index (χ4n) is 5.35. The van der Waals surface area contributed by atoms with Gasteiger partial charge in [0.1, 0.15) is 23.8 Å². The summed E-state index contributed by atoms with van der Waals surface area (Å²) in [5.41, 5.74) is 1.84. The number of likely N-dealkylation sites (N-methyl/N-ethyl adjacent to an activating group) is 1. The van der Waals surface area contributed by atoms with E-state index < -0.39 is 12.2 Å². The Bertz CT molecular complexity index is 1380. The maximum atomic E-state index is 13.9. The molecule has 11 heteroatoms. The van der Waals surface area contributed by atoms with Gasteiger partial charge in [-0.05, 0) is 41.8 Å². The Morgan fingerprint density at radius 2 is 1.87 bits per heavy atom. The monoisotopic (exact) mass is 594 g/mol. The summed E-state index contributed by atoms with van der Waals surface area (Å²) < 4.78 is 2.81. The molecule has 0 radical (unpaired) electrons. The van der Waals surface area contributed by atoms with Crippen LogP contribution in [0.2, 0.25) is 0 Å². The molecule has 1 aromatic heterocycles. The van der Waals surface area contributed by atoms with Crippen molar-refractivity contribution in [3.8, 4) is 5.75 Å². The van der Waals surface area contributed by atoms with Gasteiger partial charge in [0.05, 0.1) is 19.6 Å². The third-order valence-corrected chi connectivity index (χ3v) is 7.82. The first-order chi connectivity index (χ1) is 18.7. The molecule has 3 amide bonds. The van der Waals surface area contributed by atoms with Crippen LogP contribution in [0.1, 0.15) is 23.4 Å². The highest BCUT2D eigenvalue weighted by molar-refractivity contribution is 9.10. The highest BCUT2D eigenvalue weighted by atomic mass is 79.9. The van der Waals surface area contributed by atoms with Gasteiger partial charge in [0.2, 0.25) is 17.7 Å². The highest BCUT2D eigenvalue weighted by Gasteiger charge is 2.50. The number of nitrogens with zero attached hydrogens (tertiary/aromatic N) is 6. The molecule has 2 aromatic carbocycles. The number of fused-ring (bicyclic) bond motifs is 1. The van der Waals surface area contributed by atoms with Crippen molar-refractivity contribution in [3.05, 3.63) is 82.3 Å². The number of aryl methyl sites for hydroxylation is 2. The zero-order chi connectivity index (χ0) is 27.7. The lowest BCUT2D eigenvalue weighted by molar-refractivity contribution is -0.203. The first-order valence-corrected chi connectivity index (χ1v) is 13.6. The number of rotatable bonds is 7. The summed E-state index contributed by atoms with van der Waals surface area (Å²) in [6.45, 7) is 0.436. The number of aromatic hydroxyl groups is 1. The van der Waals surface area contributed by atoms with Crippen LogP contribution in [-0.4, -0.2) is 84.5 Å². The molecule has 39 heavy (non-hydrogen) atoms. The molecule has 5 rings (SSSR count). The SMILES string of the molecule is CN1CC(=O)N2C(CN(Cc3nccn3C)C(=O)[C@@H]2Cc2ccc(O)cc2)N1C(=O)CCc1cccc(Br)c1. The van der Waals surface area contributed by atoms with E-state index in [2.05, 4.69) is 20.9 Å². The molecule has 0 aliphatic carbocycles. The Morgan fingerprint density at radius 1 is 1.10 bits per heavy atom. The molecule has 2 aliphatic rings. The van der Waals surface area contributed by atoms with Crippen molar-refractivity contribution in [3.63, 3.8) is 0 Å². The first-order valence-electron chi connectivity index (χ1n) is 12.8. The van der Waals surface area contributed by atoms with E-state index in [0.717, 1.165) is 15.6 Å². The van der Waals surface area contributed by atoms with Crippen molar-refractivity contribution in [2.75, 3.05) is 20.1 Å². The zero-order valence-electron chi connectivity index (χ0n) is 21.9. The Morgan fingerprint density at radius 3 is 2.56 bits per heavy atom. The number of hydrazine groups is 1. The summed E-state index contributed by atoms with van der Waals surface area (Å²) >= 11 is 3.48. The minimum atomic E-state index is -0.796. The van der Waals surface area contributed by atoms with Gasteiger partial charge < -0.3 is 19.5 Å². The zero-order valence-corrected chi connectivity index (χ0v) is 23.5. The summed E-state index contributed by atoms with van der Waals surface area (Å²) in [5.74, 6) is 0.327. The van der Waals surface area contributed by atoms with Crippen LogP contribution in [0.3, 0.4) is 0 Å². The van der Waals surface area contributed by atoms with E-state index in [1.807, 2.05) is 42.1 Å². The third-order valence-electron chi connectivity index (χ3n) is 7.33. The van der Waals surface area contributed by atoms with E-state index in [4.69, 9.17) is 0 Å². The van der Waals surface area contributed by atoms with Crippen molar-refractivity contribution in [1.82, 2.24) is 29.4 Å². The van der Waals surface area contributed by atoms with Gasteiger partial charge in [-0.2, -0.15) is 0 Å². The lowest BCUT2D eigenvalue weighted by Crippen LogP contribution is -2.75. The fourth-order valence-corrected chi connectivity index (χ4v) is 5.79. The summed E-state index contributed by atoms with van der Waals surface area (Å²) in [5, 5.41) is 13.0. The molecule has 2 saturated heterocycles. The number of amides is 3. The lowest BCUT2D eigenvalue weighted by atomic mass is 9.98. The molecule has 3 aromatic rings. The average molecular weight is 595 g/mol. The molecule has 0 bridgehead atoms. The van der Waals surface area contributed by atoms with Crippen LogP contribution in [-0.2, 0) is 40.8 Å². The minimum absolute atomic E-state index is 0.00213. The Hall–Kier alpha value is -3.70. The number of piperazine rings is 1. The Balaban J connectivity index is 1.45. The quantitative estimate of drug-likeness (QED) is 0.450. The van der Waals surface area contributed by atoms with Crippen LogP contribution in [0.5, 0.6) is 5.75 Å². The van der Waals surface area contributed by atoms with Crippen LogP contribution in [0.25, 0.3) is 0 Å². The van der Waals surface area contributed by atoms with E-state index in [-0.39, 0.29) is 55.9 Å². The molecule has 3 heterocycles. The number of benzene rings is 2. The van der Waals surface area contributed by atoms with Crippen LogP contribution in [0.4, 0.5) is 0 Å². The number of halogens is 1. The van der Waals surface area contributed by atoms with E-state index in [1.165, 1.54) is 0 Å². The standard InChI is InChI=1S/C28H31BrN6O4/c1-31-13-12-30-24(31)16-33-17-25-34(23(28(33)39)15-20-6-9-22(36)10-7-20)27(38)18-32(2)35(25)26(37)11-8-19-4-3-5-21(29)14-19/h3-7,9-10,12-14,23,25,36H,8,11,15-18H2,1-2H3/t23-,25?/m0/s1. The van der Waals surface area contributed by atoms with Gasteiger partial charge in [-0.1, -0.05) is 40.2 Å². The van der Waals surface area contributed by atoms with Crippen LogP contribution < -0.4 is 0 Å². The molecular weight excluding hydrogens is 564 g/mol. The maximum absolute atomic E-state index is 13.9. The van der Waals surface area contributed by atoms with Crippen LogP contribution >= 0.6 is 15.9 Å². The third kappa shape index (κ3) is 5.69. The van der Waals surface area contributed by atoms with E-state index >= 15 is 0 Å². The van der Waals surface area contributed by atoms with E-state index in [1.54, 1.807) is 57.3 Å². The summed E-state index contributed by atoms with van der Waals surface area (Å²) in [4.78, 5) is 48.6. The van der Waals surface area contributed by atoms with Crippen molar-refractivity contribution < 1.29 is 19.5 Å². The Labute approximate surface area is 235 Å². The molecule has 2 atom stereocenters. The number of phenolic OH excluding ortho intramolecular Hbond substituents is 1. The highest BCUT2D eigenvalue weighted by Crippen LogP contribution is 2.29. The van der Waals surface area contributed by atoms with Crippen LogP contribution in [0, 0.1) is 0 Å². The summed E-state index contributed by atoms with van der Waals surface area (Å²) in [7, 11) is 3.60. The molecule has 204 valence electrons. The van der Waals surface area contributed by atoms with Gasteiger partial charge in [0, 0.05) is 43.8 Å². The largest absolute Gasteiger partial charge is 0.508 e. The summed E-state index contributed by atoms with van der Waals surface area (Å²) in [6, 6.07) is 13.7. The Kier molecular flexibility index (Phi) is 7.72. The minimum Gasteiger partial charge on any atom is -0.508 e. The topological polar surface area (TPSA) is 102 Å². The van der Waals surface area contributed by atoms with Crippen molar-refractivity contribution in [2.24, 2.45) is 7.05 Å². The predicted octanol–water partition coefficient (Wildman–Crippen LogP) is 2.32. The fraction of sp³-hybridized carbons (Fsp3) is 0.357. The van der Waals surface area contributed by atoms with Crippen LogP contribution in [0.15, 0.2) is 65.4 Å². The maximum Gasteiger partial charge on any atom is 0.246 e. The number of aromatic nitrogens is 2. The second kappa shape index (κ2) is 11.2. The molecule has 2 aliphatic heterocycles. The normalized spacial score (nSPS) is 19.9. The molecule has 1 unspecified atom stereocenters. The smallest absolute Gasteiger partial charge is 0.246 e. The van der Waals surface area contributed by atoms with E-state index in [0.29, 0.717) is 12.2 Å². The number of hydrogen-bond donors (Lipinski definition) is 1. The molecule has 0 spiro atoms. The summed E-state index contributed by atoms with van der Waals surface area (Å²) in [6.07, 6.45) is 3.93. The predicted molar refractivity (Wildman–Crippen MR) is 147 cm³/mol. The second-order valence-electron chi connectivity index (χ2n) is 10.0. The molecule has 0 saturated carbocycles. The number of carbonyl (C=O) groups is 3. The van der Waals surface area contributed by atoms with E-state index in [9.17, 15) is 19.5 Å². The number of phenols is 1. The first kappa shape index (κ1) is 26.9. The van der Waals surface area contributed by atoms with Gasteiger partial charge >= 0.3 is 0 Å². The van der Waals surface area contributed by atoms with Gasteiger partial charge in [0.25, 0.3) is 0 Å². The average Bonchev–Trinajstić information content (AvgIpc) is 3.30. The van der Waals surface area contributed by atoms with Crippen molar-refractivity contribution in [1.29, 1.82) is 0 Å². The second-order valence-corrected chi connectivity index (χ2v) is 10.9. The number of hydrogen-bond acceptors (Lipinski definition) is 6. The molecule has 10 nitrogen and oxygen atoms in total. The van der Waals surface area contributed by atoms with Gasteiger partial charge in [-0.15, -0.1) is 0 Å². The molecule has 2 fully saturated rings. The van der Waals surface area contributed by atoms with Crippen molar-refractivity contribution >= 4 is 33.7 Å². The molecular formula is C28H31BrN6O4.